The van der Waals surface area contributed by atoms with Crippen LogP contribution >= 0.6 is 0 Å². The number of rotatable bonds is 6. The molecule has 1 saturated carbocycles. The number of aryl methyl sites for hydroxylation is 1. The maximum Gasteiger partial charge on any atom is 0.191 e. The van der Waals surface area contributed by atoms with Gasteiger partial charge in [-0.15, -0.1) is 0 Å². The van der Waals surface area contributed by atoms with E-state index in [0.717, 1.165) is 50.5 Å². The van der Waals surface area contributed by atoms with E-state index < -0.39 is 10.8 Å². The van der Waals surface area contributed by atoms with Gasteiger partial charge in [-0.1, -0.05) is 37.6 Å². The van der Waals surface area contributed by atoms with Crippen molar-refractivity contribution in [3.63, 3.8) is 0 Å². The highest BCUT2D eigenvalue weighted by atomic mass is 32.2. The number of aliphatic imine (C=N–C) groups is 1. The molecule has 1 aromatic carbocycles. The van der Waals surface area contributed by atoms with Gasteiger partial charge >= 0.3 is 0 Å². The van der Waals surface area contributed by atoms with Gasteiger partial charge in [0.1, 0.15) is 0 Å². The van der Waals surface area contributed by atoms with Gasteiger partial charge in [-0.05, 0) is 56.6 Å². The smallest absolute Gasteiger partial charge is 0.191 e. The molecule has 0 aliphatic heterocycles. The lowest BCUT2D eigenvalue weighted by atomic mass is 9.83. The lowest BCUT2D eigenvalue weighted by Crippen LogP contribution is -2.46. The molecule has 4 atom stereocenters. The normalized spacial score (nSPS) is 26.9. The summed E-state index contributed by atoms with van der Waals surface area (Å²) < 4.78 is 12.2. The maximum atomic E-state index is 12.2. The summed E-state index contributed by atoms with van der Waals surface area (Å²) in [4.78, 5) is 4.94. The molecule has 3 rings (SSSR count). The molecule has 0 aromatic heterocycles. The average molecular weight is 390 g/mol. The van der Waals surface area contributed by atoms with Crippen molar-refractivity contribution in [2.24, 2.45) is 4.99 Å². The summed E-state index contributed by atoms with van der Waals surface area (Å²) in [5.74, 6) is 2.22. The first kappa shape index (κ1) is 20.4. The Kier molecular flexibility index (Phi) is 7.74. The molecule has 0 heterocycles. The zero-order valence-electron chi connectivity index (χ0n) is 16.9. The molecule has 0 saturated heterocycles. The number of hydrogen-bond donors (Lipinski definition) is 2. The second-order valence-corrected chi connectivity index (χ2v) is 9.81. The van der Waals surface area contributed by atoms with Crippen molar-refractivity contribution in [2.75, 3.05) is 18.8 Å². The molecular formula is C22H35N3OS. The van der Waals surface area contributed by atoms with Crippen LogP contribution in [0.1, 0.15) is 69.4 Å². The maximum absolute atomic E-state index is 12.2. The van der Waals surface area contributed by atoms with Crippen LogP contribution in [-0.4, -0.2) is 40.3 Å². The van der Waals surface area contributed by atoms with E-state index in [9.17, 15) is 4.21 Å². The highest BCUT2D eigenvalue weighted by Crippen LogP contribution is 2.31. The molecule has 2 N–H and O–H groups in total. The highest BCUT2D eigenvalue weighted by molar-refractivity contribution is 7.85. The number of hydrogen-bond acceptors (Lipinski definition) is 2. The van der Waals surface area contributed by atoms with E-state index >= 15 is 0 Å². The molecule has 4 unspecified atom stereocenters. The summed E-state index contributed by atoms with van der Waals surface area (Å²) in [7, 11) is -0.685. The van der Waals surface area contributed by atoms with Crippen molar-refractivity contribution in [1.82, 2.24) is 10.6 Å². The van der Waals surface area contributed by atoms with E-state index in [1.165, 1.54) is 30.4 Å². The van der Waals surface area contributed by atoms with Crippen LogP contribution in [0.3, 0.4) is 0 Å². The molecule has 1 fully saturated rings. The molecule has 0 radical (unpaired) electrons. The zero-order chi connectivity index (χ0) is 19.1. The topological polar surface area (TPSA) is 53.5 Å². The molecule has 2 aliphatic rings. The molecule has 27 heavy (non-hydrogen) atoms. The summed E-state index contributed by atoms with van der Waals surface area (Å²) in [6.45, 7) is 5.84. The van der Waals surface area contributed by atoms with Gasteiger partial charge < -0.3 is 10.6 Å². The Bertz CT molecular complexity index is 661. The van der Waals surface area contributed by atoms with E-state index in [-0.39, 0.29) is 0 Å². The Morgan fingerprint density at radius 1 is 1.19 bits per heavy atom. The molecule has 0 spiro atoms. The molecule has 2 aliphatic carbocycles. The van der Waals surface area contributed by atoms with E-state index in [4.69, 9.17) is 4.99 Å². The van der Waals surface area contributed by atoms with Crippen molar-refractivity contribution >= 4 is 16.8 Å². The molecule has 0 bridgehead atoms. The minimum absolute atomic E-state index is 0.342. The van der Waals surface area contributed by atoms with Gasteiger partial charge in [0.25, 0.3) is 0 Å². The Balaban J connectivity index is 1.63. The fourth-order valence-corrected chi connectivity index (χ4v) is 5.86. The Morgan fingerprint density at radius 2 is 2.04 bits per heavy atom. The van der Waals surface area contributed by atoms with Crippen molar-refractivity contribution in [3.8, 4) is 0 Å². The van der Waals surface area contributed by atoms with E-state index in [1.54, 1.807) is 0 Å². The number of guanidine groups is 1. The lowest BCUT2D eigenvalue weighted by molar-refractivity contribution is 0.413. The Labute approximate surface area is 167 Å². The van der Waals surface area contributed by atoms with Crippen LogP contribution in [0.5, 0.6) is 0 Å². The summed E-state index contributed by atoms with van der Waals surface area (Å²) in [5, 5.41) is 7.39. The minimum Gasteiger partial charge on any atom is -0.357 e. The third kappa shape index (κ3) is 5.56. The predicted molar refractivity (Wildman–Crippen MR) is 116 cm³/mol. The van der Waals surface area contributed by atoms with Gasteiger partial charge in [0.15, 0.2) is 5.96 Å². The van der Waals surface area contributed by atoms with Gasteiger partial charge in [0.05, 0.1) is 0 Å². The van der Waals surface area contributed by atoms with Gasteiger partial charge in [0, 0.05) is 46.9 Å². The van der Waals surface area contributed by atoms with Crippen molar-refractivity contribution in [3.05, 3.63) is 35.4 Å². The number of benzene rings is 1. The fourth-order valence-electron chi connectivity index (χ4n) is 4.51. The van der Waals surface area contributed by atoms with Gasteiger partial charge in [-0.2, -0.15) is 0 Å². The number of nitrogens with one attached hydrogen (secondary N) is 2. The number of fused-ring (bicyclic) bond motifs is 1. The van der Waals surface area contributed by atoms with Crippen LogP contribution in [0, 0.1) is 0 Å². The molecular weight excluding hydrogens is 354 g/mol. The second kappa shape index (κ2) is 10.3. The quantitative estimate of drug-likeness (QED) is 0.576. The van der Waals surface area contributed by atoms with Gasteiger partial charge in [0.2, 0.25) is 0 Å². The van der Waals surface area contributed by atoms with Gasteiger partial charge in [-0.25, -0.2) is 0 Å². The van der Waals surface area contributed by atoms with Crippen LogP contribution in [-0.2, 0) is 17.2 Å². The molecule has 150 valence electrons. The van der Waals surface area contributed by atoms with Crippen LogP contribution < -0.4 is 10.6 Å². The van der Waals surface area contributed by atoms with Crippen LogP contribution in [0.2, 0.25) is 0 Å². The van der Waals surface area contributed by atoms with E-state index in [2.05, 4.69) is 41.8 Å². The largest absolute Gasteiger partial charge is 0.357 e. The van der Waals surface area contributed by atoms with Gasteiger partial charge in [-0.3, -0.25) is 9.20 Å². The molecule has 0 amide bonds. The summed E-state index contributed by atoms with van der Waals surface area (Å²) in [5.41, 5.74) is 2.98. The second-order valence-electron chi connectivity index (χ2n) is 7.81. The highest BCUT2D eigenvalue weighted by Gasteiger charge is 2.26. The van der Waals surface area contributed by atoms with Crippen LogP contribution in [0.15, 0.2) is 29.3 Å². The first-order valence-corrected chi connectivity index (χ1v) is 12.1. The fraction of sp³-hybridized carbons (Fsp3) is 0.682. The lowest BCUT2D eigenvalue weighted by Gasteiger charge is -2.30. The Hall–Kier alpha value is -1.36. The Morgan fingerprint density at radius 3 is 2.85 bits per heavy atom. The molecule has 5 heteroatoms. The first-order chi connectivity index (χ1) is 13.2. The SMILES string of the molecule is CCNC(=NCC1CCCc2ccccc21)NC1CCCC(S(=O)CC)C1. The van der Waals surface area contributed by atoms with Crippen molar-refractivity contribution in [1.29, 1.82) is 0 Å². The minimum atomic E-state index is -0.685. The predicted octanol–water partition coefficient (Wildman–Crippen LogP) is 3.74. The standard InChI is InChI=1S/C22H35N3OS/c1-3-23-22(25-19-12-8-13-20(15-19)27(26)4-2)24-16-18-11-7-10-17-9-5-6-14-21(17)18/h5-6,9,14,18-20H,3-4,7-8,10-13,15-16H2,1-2H3,(H2,23,24,25). The summed E-state index contributed by atoms with van der Waals surface area (Å²) >= 11 is 0. The third-order valence-electron chi connectivity index (χ3n) is 5.93. The zero-order valence-corrected chi connectivity index (χ0v) is 17.7. The molecule has 4 nitrogen and oxygen atoms in total. The molecule has 1 aromatic rings. The monoisotopic (exact) mass is 389 g/mol. The van der Waals surface area contributed by atoms with Crippen LogP contribution in [0.4, 0.5) is 0 Å². The summed E-state index contributed by atoms with van der Waals surface area (Å²) in [6, 6.07) is 9.23. The van der Waals surface area contributed by atoms with Crippen molar-refractivity contribution < 1.29 is 4.21 Å². The first-order valence-electron chi connectivity index (χ1n) is 10.7. The number of nitrogens with zero attached hydrogens (tertiary/aromatic N) is 1. The van der Waals surface area contributed by atoms with E-state index in [0.29, 0.717) is 17.2 Å². The third-order valence-corrected chi connectivity index (χ3v) is 7.67. The summed E-state index contributed by atoms with van der Waals surface area (Å²) in [6.07, 6.45) is 8.09. The van der Waals surface area contributed by atoms with Crippen LogP contribution in [0.25, 0.3) is 0 Å². The average Bonchev–Trinajstić information content (AvgIpc) is 2.71. The van der Waals surface area contributed by atoms with E-state index in [1.807, 2.05) is 6.92 Å². The van der Waals surface area contributed by atoms with Crippen molar-refractivity contribution in [2.45, 2.75) is 76.0 Å².